The SMILES string of the molecule is CC(C)(C)OC(=O)N[C@H]1CC(=O)N[C@@]1(CC(=O)O)Cc1ccccc1. The third-order valence-electron chi connectivity index (χ3n) is 3.96. The number of alkyl carbamates (subject to hydrolysis) is 1. The minimum absolute atomic E-state index is 0.0133. The van der Waals surface area contributed by atoms with Crippen LogP contribution in [0, 0.1) is 0 Å². The number of hydrogen-bond acceptors (Lipinski definition) is 4. The molecule has 0 radical (unpaired) electrons. The summed E-state index contributed by atoms with van der Waals surface area (Å²) in [6.45, 7) is 5.21. The van der Waals surface area contributed by atoms with E-state index < -0.39 is 29.2 Å². The van der Waals surface area contributed by atoms with Gasteiger partial charge in [0.05, 0.1) is 18.0 Å². The molecule has 0 aliphatic carbocycles. The highest BCUT2D eigenvalue weighted by molar-refractivity contribution is 5.84. The Morgan fingerprint density at radius 2 is 1.96 bits per heavy atom. The summed E-state index contributed by atoms with van der Waals surface area (Å²) in [6.07, 6.45) is -0.656. The predicted molar refractivity (Wildman–Crippen MR) is 91.0 cm³/mol. The minimum Gasteiger partial charge on any atom is -0.481 e. The van der Waals surface area contributed by atoms with Crippen LogP contribution in [0.3, 0.4) is 0 Å². The lowest BCUT2D eigenvalue weighted by atomic mass is 9.82. The van der Waals surface area contributed by atoms with Gasteiger partial charge in [0.25, 0.3) is 0 Å². The smallest absolute Gasteiger partial charge is 0.407 e. The minimum atomic E-state index is -1.10. The summed E-state index contributed by atoms with van der Waals surface area (Å²) in [4.78, 5) is 35.6. The van der Waals surface area contributed by atoms with Crippen molar-refractivity contribution in [2.45, 2.75) is 57.2 Å². The van der Waals surface area contributed by atoms with Gasteiger partial charge in [-0.3, -0.25) is 9.59 Å². The Labute approximate surface area is 146 Å². The Kier molecular flexibility index (Phi) is 5.35. The van der Waals surface area contributed by atoms with Crippen molar-refractivity contribution in [3.63, 3.8) is 0 Å². The van der Waals surface area contributed by atoms with Crippen molar-refractivity contribution >= 4 is 18.0 Å². The molecule has 7 heteroatoms. The van der Waals surface area contributed by atoms with Gasteiger partial charge in [-0.2, -0.15) is 0 Å². The molecule has 1 saturated heterocycles. The molecule has 1 heterocycles. The number of carbonyl (C=O) groups excluding carboxylic acids is 2. The summed E-state index contributed by atoms with van der Waals surface area (Å²) in [7, 11) is 0. The van der Waals surface area contributed by atoms with Crippen molar-refractivity contribution in [2.75, 3.05) is 0 Å². The quantitative estimate of drug-likeness (QED) is 0.753. The average molecular weight is 348 g/mol. The highest BCUT2D eigenvalue weighted by Crippen LogP contribution is 2.29. The van der Waals surface area contributed by atoms with Crippen LogP contribution >= 0.6 is 0 Å². The largest absolute Gasteiger partial charge is 0.481 e. The van der Waals surface area contributed by atoms with Crippen molar-refractivity contribution in [3.05, 3.63) is 35.9 Å². The van der Waals surface area contributed by atoms with Crippen LogP contribution in [0.1, 0.15) is 39.2 Å². The zero-order valence-corrected chi connectivity index (χ0v) is 14.7. The Balaban J connectivity index is 2.25. The molecule has 136 valence electrons. The summed E-state index contributed by atoms with van der Waals surface area (Å²) in [5.74, 6) is -1.34. The number of hydrogen-bond donors (Lipinski definition) is 3. The lowest BCUT2D eigenvalue weighted by Crippen LogP contribution is -2.58. The van der Waals surface area contributed by atoms with Gasteiger partial charge in [0.1, 0.15) is 5.60 Å². The molecule has 1 aromatic carbocycles. The van der Waals surface area contributed by atoms with Crippen molar-refractivity contribution in [1.29, 1.82) is 0 Å². The molecule has 0 spiro atoms. The Morgan fingerprint density at radius 1 is 1.32 bits per heavy atom. The van der Waals surface area contributed by atoms with E-state index in [1.165, 1.54) is 0 Å². The maximum atomic E-state index is 12.1. The van der Waals surface area contributed by atoms with E-state index in [0.717, 1.165) is 5.56 Å². The van der Waals surface area contributed by atoms with E-state index >= 15 is 0 Å². The number of carboxylic acids is 1. The first-order chi connectivity index (χ1) is 11.6. The van der Waals surface area contributed by atoms with Crippen molar-refractivity contribution in [3.8, 4) is 0 Å². The molecular weight excluding hydrogens is 324 g/mol. The standard InChI is InChI=1S/C18H24N2O5/c1-17(2,3)25-16(24)19-13-9-14(21)20-18(13,11-15(22)23)10-12-7-5-4-6-8-12/h4-8,13H,9-11H2,1-3H3,(H,19,24)(H,20,21)(H,22,23)/t13-,18+/m0/s1. The van der Waals surface area contributed by atoms with Crippen LogP contribution in [-0.2, 0) is 20.7 Å². The first-order valence-electron chi connectivity index (χ1n) is 8.16. The van der Waals surface area contributed by atoms with Crippen LogP contribution in [0.25, 0.3) is 0 Å². The Morgan fingerprint density at radius 3 is 2.52 bits per heavy atom. The Bertz CT molecular complexity index is 653. The number of nitrogens with one attached hydrogen (secondary N) is 2. The van der Waals surface area contributed by atoms with Gasteiger partial charge in [-0.25, -0.2) is 4.79 Å². The van der Waals surface area contributed by atoms with Gasteiger partial charge >= 0.3 is 12.1 Å². The zero-order valence-electron chi connectivity index (χ0n) is 14.7. The van der Waals surface area contributed by atoms with Crippen LogP contribution in [-0.4, -0.2) is 40.3 Å². The normalized spacial score (nSPS) is 23.0. The fraction of sp³-hybridized carbons (Fsp3) is 0.500. The molecule has 0 aromatic heterocycles. The molecule has 0 saturated carbocycles. The lowest BCUT2D eigenvalue weighted by Gasteiger charge is -2.34. The molecule has 0 bridgehead atoms. The van der Waals surface area contributed by atoms with E-state index in [4.69, 9.17) is 4.74 Å². The Hall–Kier alpha value is -2.57. The predicted octanol–water partition coefficient (Wildman–Crippen LogP) is 1.86. The van der Waals surface area contributed by atoms with Crippen LogP contribution < -0.4 is 10.6 Å². The molecule has 1 fully saturated rings. The van der Waals surface area contributed by atoms with Gasteiger partial charge in [-0.1, -0.05) is 30.3 Å². The van der Waals surface area contributed by atoms with E-state index in [0.29, 0.717) is 6.42 Å². The van der Waals surface area contributed by atoms with Gasteiger partial charge in [0.2, 0.25) is 5.91 Å². The molecule has 3 N–H and O–H groups in total. The van der Waals surface area contributed by atoms with E-state index in [1.807, 2.05) is 30.3 Å². The van der Waals surface area contributed by atoms with Gasteiger partial charge in [-0.05, 0) is 32.8 Å². The average Bonchev–Trinajstić information content (AvgIpc) is 2.72. The second-order valence-corrected chi connectivity index (χ2v) is 7.34. The summed E-state index contributed by atoms with van der Waals surface area (Å²) < 4.78 is 5.25. The highest BCUT2D eigenvalue weighted by atomic mass is 16.6. The third-order valence-corrected chi connectivity index (χ3v) is 3.96. The topological polar surface area (TPSA) is 105 Å². The molecule has 7 nitrogen and oxygen atoms in total. The summed E-state index contributed by atoms with van der Waals surface area (Å²) in [6, 6.07) is 8.59. The summed E-state index contributed by atoms with van der Waals surface area (Å²) >= 11 is 0. The summed E-state index contributed by atoms with van der Waals surface area (Å²) in [5, 5.41) is 14.8. The fourth-order valence-corrected chi connectivity index (χ4v) is 3.06. The molecule has 25 heavy (non-hydrogen) atoms. The van der Waals surface area contributed by atoms with Crippen LogP contribution in [0.5, 0.6) is 0 Å². The monoisotopic (exact) mass is 348 g/mol. The maximum Gasteiger partial charge on any atom is 0.407 e. The molecule has 1 aromatic rings. The van der Waals surface area contributed by atoms with Crippen LogP contribution in [0.2, 0.25) is 0 Å². The lowest BCUT2D eigenvalue weighted by molar-refractivity contribution is -0.138. The number of carboxylic acid groups (broad SMARTS) is 1. The first-order valence-corrected chi connectivity index (χ1v) is 8.16. The molecule has 1 aliphatic heterocycles. The number of amides is 2. The number of rotatable bonds is 5. The molecule has 2 atom stereocenters. The maximum absolute atomic E-state index is 12.1. The van der Waals surface area contributed by atoms with Crippen LogP contribution in [0.4, 0.5) is 4.79 Å². The van der Waals surface area contributed by atoms with Gasteiger partial charge < -0.3 is 20.5 Å². The molecule has 0 unspecified atom stereocenters. The van der Waals surface area contributed by atoms with Gasteiger partial charge in [0, 0.05) is 6.42 Å². The van der Waals surface area contributed by atoms with E-state index in [1.54, 1.807) is 20.8 Å². The molecule has 2 amide bonds. The van der Waals surface area contributed by atoms with E-state index in [9.17, 15) is 19.5 Å². The van der Waals surface area contributed by atoms with Gasteiger partial charge in [0.15, 0.2) is 0 Å². The molecular formula is C18H24N2O5. The van der Waals surface area contributed by atoms with Crippen LogP contribution in [0.15, 0.2) is 30.3 Å². The number of ether oxygens (including phenoxy) is 1. The van der Waals surface area contributed by atoms with E-state index in [2.05, 4.69) is 10.6 Å². The summed E-state index contributed by atoms with van der Waals surface area (Å²) in [5.41, 5.74) is -0.905. The number of carbonyl (C=O) groups is 3. The third kappa shape index (κ3) is 5.20. The first kappa shape index (κ1) is 18.8. The van der Waals surface area contributed by atoms with Crippen molar-refractivity contribution < 1.29 is 24.2 Å². The number of aliphatic carboxylic acids is 1. The fourth-order valence-electron chi connectivity index (χ4n) is 3.06. The van der Waals surface area contributed by atoms with Crippen molar-refractivity contribution in [1.82, 2.24) is 10.6 Å². The molecule has 2 rings (SSSR count). The zero-order chi connectivity index (χ0) is 18.7. The second-order valence-electron chi connectivity index (χ2n) is 7.34. The molecule has 1 aliphatic rings. The number of benzene rings is 1. The van der Waals surface area contributed by atoms with E-state index in [-0.39, 0.29) is 18.7 Å². The second kappa shape index (κ2) is 7.13. The highest BCUT2D eigenvalue weighted by Gasteiger charge is 2.49. The van der Waals surface area contributed by atoms with Crippen molar-refractivity contribution in [2.24, 2.45) is 0 Å². The van der Waals surface area contributed by atoms with Gasteiger partial charge in [-0.15, -0.1) is 0 Å².